The van der Waals surface area contributed by atoms with Crippen molar-refractivity contribution in [2.75, 3.05) is 14.1 Å². The molecule has 0 atom stereocenters. The lowest BCUT2D eigenvalue weighted by Gasteiger charge is -2.47. The van der Waals surface area contributed by atoms with Crippen molar-refractivity contribution in [1.29, 1.82) is 0 Å². The molecule has 152 valence electrons. The Morgan fingerprint density at radius 1 is 0.964 bits per heavy atom. The maximum atomic E-state index is 6.07. The topological polar surface area (TPSA) is 15.3 Å². The zero-order chi connectivity index (χ0) is 20.0. The second kappa shape index (κ2) is 9.91. The van der Waals surface area contributed by atoms with Crippen molar-refractivity contribution in [3.63, 3.8) is 0 Å². The summed E-state index contributed by atoms with van der Waals surface area (Å²) in [6.07, 6.45) is 8.87. The van der Waals surface area contributed by atoms with Crippen LogP contribution in [0.1, 0.15) is 56.6 Å². The smallest absolute Gasteiger partial charge is 0.0461 e. The number of nitrogens with one attached hydrogen (secondary N) is 1. The third-order valence-electron chi connectivity index (χ3n) is 6.62. The van der Waals surface area contributed by atoms with Gasteiger partial charge in [0.05, 0.1) is 0 Å². The lowest BCUT2D eigenvalue weighted by molar-refractivity contribution is 0.0559. The molecule has 0 saturated heterocycles. The normalized spacial score (nSPS) is 24.5. The Balaban J connectivity index is 0.000000236. The number of hydrogen-bond donors (Lipinski definition) is 1. The van der Waals surface area contributed by atoms with Crippen LogP contribution in [0.2, 0.25) is 5.02 Å². The fraction of sp³-hybridized carbons (Fsp3) is 0.520. The molecule has 2 fully saturated rings. The molecular formula is C25H35ClN2. The molecule has 1 N–H and O–H groups in total. The fourth-order valence-corrected chi connectivity index (χ4v) is 4.64. The predicted molar refractivity (Wildman–Crippen MR) is 121 cm³/mol. The summed E-state index contributed by atoms with van der Waals surface area (Å²) >= 11 is 6.07. The van der Waals surface area contributed by atoms with Gasteiger partial charge in [-0.15, -0.1) is 0 Å². The van der Waals surface area contributed by atoms with E-state index in [4.69, 9.17) is 11.6 Å². The maximum Gasteiger partial charge on any atom is 0.0461 e. The van der Waals surface area contributed by atoms with Crippen LogP contribution in [0.25, 0.3) is 0 Å². The minimum absolute atomic E-state index is 0.221. The van der Waals surface area contributed by atoms with Crippen LogP contribution in [0.5, 0.6) is 0 Å². The number of benzene rings is 2. The van der Waals surface area contributed by atoms with Crippen molar-refractivity contribution < 1.29 is 0 Å². The molecule has 2 aliphatic carbocycles. The van der Waals surface area contributed by atoms with E-state index in [0.29, 0.717) is 6.04 Å². The first kappa shape index (κ1) is 21.4. The monoisotopic (exact) mass is 398 g/mol. The molecule has 0 unspecified atom stereocenters. The lowest BCUT2D eigenvalue weighted by Crippen LogP contribution is -2.49. The molecule has 0 aliphatic heterocycles. The van der Waals surface area contributed by atoms with E-state index in [0.717, 1.165) is 17.5 Å². The molecule has 0 radical (unpaired) electrons. The van der Waals surface area contributed by atoms with Gasteiger partial charge in [-0.3, -0.25) is 4.90 Å². The minimum atomic E-state index is 0.221. The van der Waals surface area contributed by atoms with E-state index in [1.807, 2.05) is 18.2 Å². The van der Waals surface area contributed by atoms with Crippen LogP contribution in [-0.2, 0) is 12.0 Å². The van der Waals surface area contributed by atoms with Crippen molar-refractivity contribution in [3.8, 4) is 0 Å². The molecule has 0 heterocycles. The van der Waals surface area contributed by atoms with Crippen LogP contribution < -0.4 is 5.32 Å². The van der Waals surface area contributed by atoms with Gasteiger partial charge < -0.3 is 5.32 Å². The van der Waals surface area contributed by atoms with Crippen molar-refractivity contribution in [1.82, 2.24) is 10.2 Å². The van der Waals surface area contributed by atoms with E-state index in [1.54, 1.807) is 0 Å². The number of aryl methyl sites for hydroxylation is 1. The van der Waals surface area contributed by atoms with E-state index < -0.39 is 0 Å². The highest BCUT2D eigenvalue weighted by Crippen LogP contribution is 2.46. The molecule has 0 aromatic heterocycles. The highest BCUT2D eigenvalue weighted by atomic mass is 35.5. The highest BCUT2D eigenvalue weighted by Gasteiger charge is 2.45. The summed E-state index contributed by atoms with van der Waals surface area (Å²) in [5, 5.41) is 4.28. The highest BCUT2D eigenvalue weighted by molar-refractivity contribution is 6.30. The van der Waals surface area contributed by atoms with Crippen LogP contribution in [0.15, 0.2) is 54.6 Å². The van der Waals surface area contributed by atoms with E-state index in [-0.39, 0.29) is 5.54 Å². The van der Waals surface area contributed by atoms with Crippen LogP contribution in [0.4, 0.5) is 0 Å². The molecule has 0 spiro atoms. The van der Waals surface area contributed by atoms with Crippen LogP contribution >= 0.6 is 11.6 Å². The Morgan fingerprint density at radius 3 is 2.04 bits per heavy atom. The first-order chi connectivity index (χ1) is 13.6. The average Bonchev–Trinajstić information content (AvgIpc) is 3.60. The molecule has 2 aromatic carbocycles. The summed E-state index contributed by atoms with van der Waals surface area (Å²) in [6.45, 7) is 2.16. The van der Waals surface area contributed by atoms with Crippen LogP contribution in [0.3, 0.4) is 0 Å². The van der Waals surface area contributed by atoms with E-state index in [9.17, 15) is 0 Å². The van der Waals surface area contributed by atoms with Gasteiger partial charge in [-0.05, 0) is 82.3 Å². The van der Waals surface area contributed by atoms with Crippen molar-refractivity contribution in [3.05, 3.63) is 70.7 Å². The number of nitrogens with zero attached hydrogens (tertiary/aromatic N) is 1. The summed E-state index contributed by atoms with van der Waals surface area (Å²) in [5.41, 5.74) is 3.08. The molecule has 4 rings (SSSR count). The van der Waals surface area contributed by atoms with Gasteiger partial charge in [0.1, 0.15) is 0 Å². The summed E-state index contributed by atoms with van der Waals surface area (Å²) in [7, 11) is 4.41. The Kier molecular flexibility index (Phi) is 7.56. The summed E-state index contributed by atoms with van der Waals surface area (Å²) in [5.74, 6) is 0. The predicted octanol–water partition coefficient (Wildman–Crippen LogP) is 6.04. The minimum Gasteiger partial charge on any atom is -0.317 e. The zero-order valence-corrected chi connectivity index (χ0v) is 18.4. The molecule has 0 bridgehead atoms. The second-order valence-corrected chi connectivity index (χ2v) is 8.72. The lowest BCUT2D eigenvalue weighted by atomic mass is 9.73. The van der Waals surface area contributed by atoms with Gasteiger partial charge in [-0.2, -0.15) is 0 Å². The number of halogens is 1. The Bertz CT molecular complexity index is 701. The summed E-state index contributed by atoms with van der Waals surface area (Å²) in [4.78, 5) is 2.65. The van der Waals surface area contributed by atoms with Gasteiger partial charge in [-0.1, -0.05) is 61.0 Å². The third kappa shape index (κ3) is 5.17. The van der Waals surface area contributed by atoms with Gasteiger partial charge >= 0.3 is 0 Å². The first-order valence-corrected chi connectivity index (χ1v) is 11.2. The maximum absolute atomic E-state index is 6.07. The number of rotatable bonds is 5. The molecule has 2 aliphatic rings. The van der Waals surface area contributed by atoms with Gasteiger partial charge in [0.2, 0.25) is 0 Å². The van der Waals surface area contributed by atoms with E-state index >= 15 is 0 Å². The van der Waals surface area contributed by atoms with Gasteiger partial charge in [0, 0.05) is 22.6 Å². The molecular weight excluding hydrogens is 364 g/mol. The zero-order valence-electron chi connectivity index (χ0n) is 17.6. The fourth-order valence-electron chi connectivity index (χ4n) is 4.51. The van der Waals surface area contributed by atoms with Crippen molar-refractivity contribution in [2.45, 2.75) is 69.5 Å². The SMILES string of the molecule is CCc1ccccc1.CNC1CCC(c2ccc(Cl)cc2)(N(C)C2CC2)CC1. The Morgan fingerprint density at radius 2 is 1.57 bits per heavy atom. The van der Waals surface area contributed by atoms with Crippen molar-refractivity contribution >= 4 is 11.6 Å². The third-order valence-corrected chi connectivity index (χ3v) is 6.88. The standard InChI is InChI=1S/C17H25ClN2.C8H10/c1-19-15-9-11-17(12-10-15,20(2)16-7-8-16)13-3-5-14(18)6-4-13;1-2-8-6-4-3-5-7-8/h3-6,15-16,19H,7-12H2,1-2H3;3-7H,2H2,1H3. The van der Waals surface area contributed by atoms with Gasteiger partial charge in [0.25, 0.3) is 0 Å². The summed E-state index contributed by atoms with van der Waals surface area (Å²) in [6, 6.07) is 20.5. The van der Waals surface area contributed by atoms with E-state index in [2.05, 4.69) is 67.6 Å². The Labute approximate surface area is 176 Å². The quantitative estimate of drug-likeness (QED) is 0.660. The van der Waals surface area contributed by atoms with Gasteiger partial charge in [0.15, 0.2) is 0 Å². The molecule has 2 aromatic rings. The molecule has 28 heavy (non-hydrogen) atoms. The van der Waals surface area contributed by atoms with Gasteiger partial charge in [-0.25, -0.2) is 0 Å². The molecule has 3 heteroatoms. The number of hydrogen-bond acceptors (Lipinski definition) is 2. The van der Waals surface area contributed by atoms with Crippen LogP contribution in [-0.4, -0.2) is 31.1 Å². The van der Waals surface area contributed by atoms with Crippen molar-refractivity contribution in [2.24, 2.45) is 0 Å². The van der Waals surface area contributed by atoms with E-state index in [1.165, 1.54) is 49.7 Å². The van der Waals surface area contributed by atoms with Crippen LogP contribution in [0, 0.1) is 0 Å². The average molecular weight is 399 g/mol. The largest absolute Gasteiger partial charge is 0.317 e. The Hall–Kier alpha value is -1.35. The summed E-state index contributed by atoms with van der Waals surface area (Å²) < 4.78 is 0. The molecule has 2 nitrogen and oxygen atoms in total. The first-order valence-electron chi connectivity index (χ1n) is 10.8. The second-order valence-electron chi connectivity index (χ2n) is 8.28. The molecule has 0 amide bonds. The molecule has 2 saturated carbocycles.